The van der Waals surface area contributed by atoms with Crippen LogP contribution < -0.4 is 0 Å². The smallest absolute Gasteiger partial charge is 0.303 e. The van der Waals surface area contributed by atoms with Crippen molar-refractivity contribution in [1.82, 2.24) is 4.98 Å². The predicted molar refractivity (Wildman–Crippen MR) is 51.9 cm³/mol. The van der Waals surface area contributed by atoms with Crippen LogP contribution >= 0.6 is 11.3 Å². The molecule has 0 aliphatic heterocycles. The lowest BCUT2D eigenvalue weighted by atomic mass is 10.1. The highest BCUT2D eigenvalue weighted by Crippen LogP contribution is 2.09. The van der Waals surface area contributed by atoms with Gasteiger partial charge in [-0.05, 0) is 19.3 Å². The molecule has 0 amide bonds. The van der Waals surface area contributed by atoms with Gasteiger partial charge in [-0.25, -0.2) is 4.98 Å². The molecule has 1 rings (SSSR count). The molecule has 72 valence electrons. The van der Waals surface area contributed by atoms with Crippen molar-refractivity contribution in [3.8, 4) is 0 Å². The standard InChI is InChI=1S/C9H13NO2S/c11-9(12)5-3-1-2-4-8-10-6-7-13-8/h6-7H,1-5H2,(H,11,12). The fourth-order valence-corrected chi connectivity index (χ4v) is 1.77. The maximum absolute atomic E-state index is 10.2. The van der Waals surface area contributed by atoms with Crippen molar-refractivity contribution in [3.05, 3.63) is 16.6 Å². The van der Waals surface area contributed by atoms with E-state index >= 15 is 0 Å². The molecular weight excluding hydrogens is 186 g/mol. The minimum absolute atomic E-state index is 0.290. The molecule has 1 aromatic heterocycles. The molecule has 0 aliphatic carbocycles. The third kappa shape index (κ3) is 4.62. The van der Waals surface area contributed by atoms with Gasteiger partial charge in [-0.15, -0.1) is 11.3 Å². The Morgan fingerprint density at radius 1 is 1.46 bits per heavy atom. The molecule has 0 unspecified atom stereocenters. The number of thiazole rings is 1. The third-order valence-corrected chi connectivity index (χ3v) is 2.60. The van der Waals surface area contributed by atoms with Gasteiger partial charge in [0.05, 0.1) is 5.01 Å². The molecular formula is C9H13NO2S. The third-order valence-electron chi connectivity index (χ3n) is 1.76. The first-order chi connectivity index (χ1) is 6.29. The van der Waals surface area contributed by atoms with E-state index in [-0.39, 0.29) is 6.42 Å². The number of carboxylic acids is 1. The molecule has 0 aliphatic rings. The van der Waals surface area contributed by atoms with Gasteiger partial charge in [0, 0.05) is 18.0 Å². The number of aliphatic carboxylic acids is 1. The molecule has 0 saturated carbocycles. The molecule has 0 aromatic carbocycles. The Kier molecular flexibility index (Phi) is 4.46. The van der Waals surface area contributed by atoms with Crippen LogP contribution in [-0.4, -0.2) is 16.1 Å². The molecule has 0 atom stereocenters. The van der Waals surface area contributed by atoms with Crippen molar-refractivity contribution in [1.29, 1.82) is 0 Å². The number of rotatable bonds is 6. The van der Waals surface area contributed by atoms with E-state index < -0.39 is 5.97 Å². The first kappa shape index (κ1) is 10.2. The maximum Gasteiger partial charge on any atom is 0.303 e. The van der Waals surface area contributed by atoms with Crippen molar-refractivity contribution in [3.63, 3.8) is 0 Å². The molecule has 0 radical (unpaired) electrons. The SMILES string of the molecule is O=C(O)CCCCCc1nccs1. The Hall–Kier alpha value is -0.900. The van der Waals surface area contributed by atoms with Crippen molar-refractivity contribution in [2.75, 3.05) is 0 Å². The van der Waals surface area contributed by atoms with E-state index in [0.717, 1.165) is 30.7 Å². The number of carboxylic acid groups (broad SMARTS) is 1. The second-order valence-electron chi connectivity index (χ2n) is 2.88. The normalized spacial score (nSPS) is 10.2. The van der Waals surface area contributed by atoms with Crippen molar-refractivity contribution in [2.24, 2.45) is 0 Å². The number of aromatic nitrogens is 1. The van der Waals surface area contributed by atoms with E-state index in [2.05, 4.69) is 4.98 Å². The van der Waals surface area contributed by atoms with Gasteiger partial charge in [-0.2, -0.15) is 0 Å². The second-order valence-corrected chi connectivity index (χ2v) is 3.86. The van der Waals surface area contributed by atoms with Gasteiger partial charge in [0.25, 0.3) is 0 Å². The van der Waals surface area contributed by atoms with Gasteiger partial charge in [0.2, 0.25) is 0 Å². The van der Waals surface area contributed by atoms with E-state index in [1.165, 1.54) is 0 Å². The minimum atomic E-state index is -0.700. The summed E-state index contributed by atoms with van der Waals surface area (Å²) < 4.78 is 0. The number of nitrogens with zero attached hydrogens (tertiary/aromatic N) is 1. The number of hydrogen-bond acceptors (Lipinski definition) is 3. The van der Waals surface area contributed by atoms with E-state index in [4.69, 9.17) is 5.11 Å². The summed E-state index contributed by atoms with van der Waals surface area (Å²) in [5.41, 5.74) is 0. The van der Waals surface area contributed by atoms with Crippen LogP contribution in [0.5, 0.6) is 0 Å². The maximum atomic E-state index is 10.2. The monoisotopic (exact) mass is 199 g/mol. The van der Waals surface area contributed by atoms with Gasteiger partial charge in [-0.3, -0.25) is 4.79 Å². The predicted octanol–water partition coefficient (Wildman–Crippen LogP) is 2.33. The molecule has 1 N–H and O–H groups in total. The summed E-state index contributed by atoms with van der Waals surface area (Å²) >= 11 is 1.66. The first-order valence-corrected chi connectivity index (χ1v) is 5.27. The van der Waals surface area contributed by atoms with Gasteiger partial charge >= 0.3 is 5.97 Å². The Bertz CT molecular complexity index is 246. The molecule has 13 heavy (non-hydrogen) atoms. The topological polar surface area (TPSA) is 50.2 Å². The molecule has 0 fully saturated rings. The lowest BCUT2D eigenvalue weighted by Gasteiger charge is -1.96. The zero-order chi connectivity index (χ0) is 9.52. The minimum Gasteiger partial charge on any atom is -0.481 e. The molecule has 1 heterocycles. The van der Waals surface area contributed by atoms with Crippen molar-refractivity contribution >= 4 is 17.3 Å². The molecule has 4 heteroatoms. The second kappa shape index (κ2) is 5.70. The lowest BCUT2D eigenvalue weighted by molar-refractivity contribution is -0.137. The summed E-state index contributed by atoms with van der Waals surface area (Å²) in [4.78, 5) is 14.3. The highest BCUT2D eigenvalue weighted by atomic mass is 32.1. The number of aryl methyl sites for hydroxylation is 1. The first-order valence-electron chi connectivity index (χ1n) is 4.39. The van der Waals surface area contributed by atoms with Crippen LogP contribution in [0.1, 0.15) is 30.7 Å². The molecule has 0 spiro atoms. The fraction of sp³-hybridized carbons (Fsp3) is 0.556. The van der Waals surface area contributed by atoms with Crippen LogP contribution in [0.2, 0.25) is 0 Å². The average molecular weight is 199 g/mol. The van der Waals surface area contributed by atoms with Crippen molar-refractivity contribution in [2.45, 2.75) is 32.1 Å². The van der Waals surface area contributed by atoms with E-state index in [0.29, 0.717) is 0 Å². The van der Waals surface area contributed by atoms with E-state index in [9.17, 15) is 4.79 Å². The molecule has 1 aromatic rings. The average Bonchev–Trinajstić information content (AvgIpc) is 2.55. The van der Waals surface area contributed by atoms with Gasteiger partial charge in [-0.1, -0.05) is 6.42 Å². The van der Waals surface area contributed by atoms with Gasteiger partial charge in [0.15, 0.2) is 0 Å². The Balaban J connectivity index is 1.99. The number of hydrogen-bond donors (Lipinski definition) is 1. The van der Waals surface area contributed by atoms with E-state index in [1.54, 1.807) is 17.5 Å². The van der Waals surface area contributed by atoms with Crippen molar-refractivity contribution < 1.29 is 9.90 Å². The van der Waals surface area contributed by atoms with Crippen LogP contribution in [0, 0.1) is 0 Å². The van der Waals surface area contributed by atoms with Crippen LogP contribution in [0.4, 0.5) is 0 Å². The molecule has 0 bridgehead atoms. The Morgan fingerprint density at radius 2 is 2.31 bits per heavy atom. The zero-order valence-electron chi connectivity index (χ0n) is 7.40. The fourth-order valence-electron chi connectivity index (χ4n) is 1.11. The summed E-state index contributed by atoms with van der Waals surface area (Å²) in [5.74, 6) is -0.700. The summed E-state index contributed by atoms with van der Waals surface area (Å²) in [5, 5.41) is 11.5. The Labute approximate surface area is 81.4 Å². The molecule has 0 saturated heterocycles. The van der Waals surface area contributed by atoms with Crippen LogP contribution in [0.15, 0.2) is 11.6 Å². The largest absolute Gasteiger partial charge is 0.481 e. The van der Waals surface area contributed by atoms with E-state index in [1.807, 2.05) is 5.38 Å². The van der Waals surface area contributed by atoms with Crippen LogP contribution in [-0.2, 0) is 11.2 Å². The molecule has 3 nitrogen and oxygen atoms in total. The van der Waals surface area contributed by atoms with Gasteiger partial charge < -0.3 is 5.11 Å². The quantitative estimate of drug-likeness (QED) is 0.715. The highest BCUT2D eigenvalue weighted by Gasteiger charge is 1.98. The highest BCUT2D eigenvalue weighted by molar-refractivity contribution is 7.09. The summed E-state index contributed by atoms with van der Waals surface area (Å²) in [6.45, 7) is 0. The number of carbonyl (C=O) groups is 1. The summed E-state index contributed by atoms with van der Waals surface area (Å²) in [7, 11) is 0. The Morgan fingerprint density at radius 3 is 2.92 bits per heavy atom. The van der Waals surface area contributed by atoms with Crippen LogP contribution in [0.25, 0.3) is 0 Å². The lowest BCUT2D eigenvalue weighted by Crippen LogP contribution is -1.94. The van der Waals surface area contributed by atoms with Gasteiger partial charge in [0.1, 0.15) is 0 Å². The summed E-state index contributed by atoms with van der Waals surface area (Å²) in [6.07, 6.45) is 5.87. The summed E-state index contributed by atoms with van der Waals surface area (Å²) in [6, 6.07) is 0. The number of unbranched alkanes of at least 4 members (excludes halogenated alkanes) is 2. The van der Waals surface area contributed by atoms with Crippen LogP contribution in [0.3, 0.4) is 0 Å². The zero-order valence-corrected chi connectivity index (χ0v) is 8.22.